The molecule has 3 amide bonds. The van der Waals surface area contributed by atoms with Crippen molar-refractivity contribution in [2.45, 2.75) is 32.2 Å². The number of aliphatic carboxylic acids is 1. The molecule has 25 heavy (non-hydrogen) atoms. The summed E-state index contributed by atoms with van der Waals surface area (Å²) in [5.74, 6) is -1.46. The Balaban J connectivity index is 1.67. The van der Waals surface area contributed by atoms with Crippen molar-refractivity contribution in [2.24, 2.45) is 11.8 Å². The molecule has 1 aromatic carbocycles. The van der Waals surface area contributed by atoms with Gasteiger partial charge < -0.3 is 20.6 Å². The predicted octanol–water partition coefficient (Wildman–Crippen LogP) is 2.15. The van der Waals surface area contributed by atoms with Gasteiger partial charge in [-0.3, -0.25) is 9.59 Å². The van der Waals surface area contributed by atoms with E-state index in [-0.39, 0.29) is 30.4 Å². The van der Waals surface area contributed by atoms with Gasteiger partial charge in [0.15, 0.2) is 0 Å². The number of hydrogen-bond donors (Lipinski definition) is 3. The van der Waals surface area contributed by atoms with Crippen LogP contribution in [0.2, 0.25) is 0 Å². The molecule has 0 bridgehead atoms. The summed E-state index contributed by atoms with van der Waals surface area (Å²) in [6.07, 6.45) is 2.59. The van der Waals surface area contributed by atoms with Crippen molar-refractivity contribution in [1.82, 2.24) is 10.2 Å². The van der Waals surface area contributed by atoms with Crippen LogP contribution in [0.4, 0.5) is 10.5 Å². The van der Waals surface area contributed by atoms with Gasteiger partial charge in [-0.1, -0.05) is 13.0 Å². The molecule has 2 aliphatic rings. The second-order valence-electron chi connectivity index (χ2n) is 7.04. The van der Waals surface area contributed by atoms with E-state index in [1.807, 2.05) is 6.92 Å². The minimum absolute atomic E-state index is 0.143. The van der Waals surface area contributed by atoms with Crippen LogP contribution >= 0.6 is 0 Å². The molecule has 1 saturated heterocycles. The van der Waals surface area contributed by atoms with Crippen LogP contribution in [0.25, 0.3) is 0 Å². The van der Waals surface area contributed by atoms with Crippen molar-refractivity contribution in [1.29, 1.82) is 0 Å². The van der Waals surface area contributed by atoms with Crippen LogP contribution in [-0.4, -0.2) is 47.0 Å². The van der Waals surface area contributed by atoms with Crippen molar-refractivity contribution < 1.29 is 19.5 Å². The van der Waals surface area contributed by atoms with E-state index in [2.05, 4.69) is 10.6 Å². The summed E-state index contributed by atoms with van der Waals surface area (Å²) in [6.45, 7) is 2.72. The fraction of sp³-hybridized carbons (Fsp3) is 0.500. The van der Waals surface area contributed by atoms with Crippen molar-refractivity contribution >= 4 is 23.6 Å². The molecule has 1 aliphatic carbocycles. The van der Waals surface area contributed by atoms with Gasteiger partial charge in [-0.2, -0.15) is 0 Å². The van der Waals surface area contributed by atoms with E-state index in [1.165, 1.54) is 0 Å². The molecule has 1 saturated carbocycles. The maximum Gasteiger partial charge on any atom is 0.319 e. The molecule has 7 heteroatoms. The van der Waals surface area contributed by atoms with Crippen LogP contribution in [0.1, 0.15) is 36.5 Å². The van der Waals surface area contributed by atoms with Gasteiger partial charge in [0.25, 0.3) is 5.91 Å². The maximum atomic E-state index is 12.7. The number of carboxylic acid groups (broad SMARTS) is 1. The number of benzene rings is 1. The molecule has 0 radical (unpaired) electrons. The first kappa shape index (κ1) is 17.3. The lowest BCUT2D eigenvalue weighted by Gasteiger charge is -2.34. The summed E-state index contributed by atoms with van der Waals surface area (Å²) in [4.78, 5) is 37.4. The van der Waals surface area contributed by atoms with Crippen LogP contribution in [0, 0.1) is 11.8 Å². The molecule has 0 aromatic heterocycles. The highest BCUT2D eigenvalue weighted by atomic mass is 16.4. The normalized spacial score (nSPS) is 23.0. The lowest BCUT2D eigenvalue weighted by Crippen LogP contribution is -2.45. The van der Waals surface area contributed by atoms with Gasteiger partial charge in [-0.25, -0.2) is 4.79 Å². The second kappa shape index (κ2) is 7.13. The molecule has 0 spiro atoms. The van der Waals surface area contributed by atoms with Crippen molar-refractivity contribution in [3.05, 3.63) is 29.8 Å². The van der Waals surface area contributed by atoms with Crippen LogP contribution in [0.15, 0.2) is 24.3 Å². The van der Waals surface area contributed by atoms with E-state index in [0.29, 0.717) is 24.2 Å². The fourth-order valence-electron chi connectivity index (χ4n) is 3.19. The molecule has 3 rings (SSSR count). The minimum Gasteiger partial charge on any atom is -0.481 e. The number of carbonyl (C=O) groups excluding carboxylic acids is 2. The average Bonchev–Trinajstić information content (AvgIpc) is 3.37. The molecule has 134 valence electrons. The van der Waals surface area contributed by atoms with E-state index in [1.54, 1.807) is 29.2 Å². The van der Waals surface area contributed by atoms with Crippen molar-refractivity contribution in [3.63, 3.8) is 0 Å². The Morgan fingerprint density at radius 2 is 1.96 bits per heavy atom. The van der Waals surface area contributed by atoms with Gasteiger partial charge in [0.05, 0.1) is 5.92 Å². The van der Waals surface area contributed by atoms with E-state index in [0.717, 1.165) is 12.8 Å². The van der Waals surface area contributed by atoms with Gasteiger partial charge in [0, 0.05) is 30.4 Å². The molecule has 1 aromatic rings. The van der Waals surface area contributed by atoms with Gasteiger partial charge in [0.1, 0.15) is 0 Å². The van der Waals surface area contributed by atoms with E-state index < -0.39 is 11.9 Å². The quantitative estimate of drug-likeness (QED) is 0.779. The highest BCUT2D eigenvalue weighted by molar-refractivity contribution is 5.97. The van der Waals surface area contributed by atoms with E-state index in [9.17, 15) is 19.5 Å². The lowest BCUT2D eigenvalue weighted by atomic mass is 9.90. The standard InChI is InChI=1S/C18H23N3O4/c1-11-7-13(17(23)24)10-21(9-11)16(22)12-3-2-4-15(8-12)20-18(25)19-14-5-6-14/h2-4,8,11,13-14H,5-7,9-10H2,1H3,(H,23,24)(H2,19,20,25). The van der Waals surface area contributed by atoms with Crippen LogP contribution in [-0.2, 0) is 4.79 Å². The first-order valence-corrected chi connectivity index (χ1v) is 8.62. The molecular formula is C18H23N3O4. The summed E-state index contributed by atoms with van der Waals surface area (Å²) < 4.78 is 0. The average molecular weight is 345 g/mol. The van der Waals surface area contributed by atoms with Gasteiger partial charge in [0.2, 0.25) is 0 Å². The molecule has 3 N–H and O–H groups in total. The molecule has 7 nitrogen and oxygen atoms in total. The maximum absolute atomic E-state index is 12.7. The SMILES string of the molecule is CC1CC(C(=O)O)CN(C(=O)c2cccc(NC(=O)NC3CC3)c2)C1. The number of carboxylic acids is 1. The zero-order chi connectivity index (χ0) is 18.0. The Bertz CT molecular complexity index is 687. The molecule has 2 fully saturated rings. The van der Waals surface area contributed by atoms with E-state index >= 15 is 0 Å². The number of piperidine rings is 1. The first-order valence-electron chi connectivity index (χ1n) is 8.62. The topological polar surface area (TPSA) is 98.7 Å². The number of urea groups is 1. The molecular weight excluding hydrogens is 322 g/mol. The number of carbonyl (C=O) groups is 3. The van der Waals surface area contributed by atoms with Crippen LogP contribution in [0.3, 0.4) is 0 Å². The van der Waals surface area contributed by atoms with Crippen molar-refractivity contribution in [2.75, 3.05) is 18.4 Å². The Morgan fingerprint density at radius 3 is 2.64 bits per heavy atom. The zero-order valence-corrected chi connectivity index (χ0v) is 14.2. The Hall–Kier alpha value is -2.57. The predicted molar refractivity (Wildman–Crippen MR) is 92.4 cm³/mol. The third-order valence-corrected chi connectivity index (χ3v) is 4.58. The third kappa shape index (κ3) is 4.49. The zero-order valence-electron chi connectivity index (χ0n) is 14.2. The highest BCUT2D eigenvalue weighted by Crippen LogP contribution is 2.24. The third-order valence-electron chi connectivity index (χ3n) is 4.58. The monoisotopic (exact) mass is 345 g/mol. The van der Waals surface area contributed by atoms with Gasteiger partial charge in [-0.05, 0) is 43.4 Å². The van der Waals surface area contributed by atoms with Crippen LogP contribution in [0.5, 0.6) is 0 Å². The highest BCUT2D eigenvalue weighted by Gasteiger charge is 2.32. The summed E-state index contributed by atoms with van der Waals surface area (Å²) in [6, 6.07) is 6.73. The number of amides is 3. The number of likely N-dealkylation sites (tertiary alicyclic amines) is 1. The summed E-state index contributed by atoms with van der Waals surface area (Å²) in [7, 11) is 0. The largest absolute Gasteiger partial charge is 0.481 e. The number of anilines is 1. The summed E-state index contributed by atoms with van der Waals surface area (Å²) in [5.41, 5.74) is 0.992. The van der Waals surface area contributed by atoms with Crippen molar-refractivity contribution in [3.8, 4) is 0 Å². The molecule has 1 aliphatic heterocycles. The first-order chi connectivity index (χ1) is 11.9. The van der Waals surface area contributed by atoms with Crippen LogP contribution < -0.4 is 10.6 Å². The second-order valence-corrected chi connectivity index (χ2v) is 7.04. The smallest absolute Gasteiger partial charge is 0.319 e. The summed E-state index contributed by atoms with van der Waals surface area (Å²) in [5, 5.41) is 14.8. The number of hydrogen-bond acceptors (Lipinski definition) is 3. The number of nitrogens with zero attached hydrogens (tertiary/aromatic N) is 1. The molecule has 2 atom stereocenters. The van der Waals surface area contributed by atoms with Gasteiger partial charge >= 0.3 is 12.0 Å². The molecule has 1 heterocycles. The minimum atomic E-state index is -0.864. The Kier molecular flexibility index (Phi) is 4.92. The van der Waals surface area contributed by atoms with Gasteiger partial charge in [-0.15, -0.1) is 0 Å². The lowest BCUT2D eigenvalue weighted by molar-refractivity contribution is -0.143. The fourth-order valence-corrected chi connectivity index (χ4v) is 3.19. The molecule has 2 unspecified atom stereocenters. The summed E-state index contributed by atoms with van der Waals surface area (Å²) >= 11 is 0. The number of nitrogens with one attached hydrogen (secondary N) is 2. The Labute approximate surface area is 146 Å². The van der Waals surface area contributed by atoms with E-state index in [4.69, 9.17) is 0 Å². The Morgan fingerprint density at radius 1 is 1.20 bits per heavy atom. The number of rotatable bonds is 4.